The van der Waals surface area contributed by atoms with E-state index in [9.17, 15) is 18.0 Å². The minimum atomic E-state index is -3.46. The Morgan fingerprint density at radius 2 is 1.73 bits per heavy atom. The third-order valence-electron chi connectivity index (χ3n) is 5.26. The molecule has 1 aliphatic rings. The van der Waals surface area contributed by atoms with E-state index in [1.165, 1.54) is 26.2 Å². The first-order valence-corrected chi connectivity index (χ1v) is 12.3. The van der Waals surface area contributed by atoms with Crippen molar-refractivity contribution in [2.45, 2.75) is 6.92 Å². The first-order chi connectivity index (χ1) is 15.8. The predicted octanol–water partition coefficient (Wildman–Crippen LogP) is 1.93. The summed E-state index contributed by atoms with van der Waals surface area (Å²) < 4.78 is 31.2. The number of sulfonamides is 1. The molecule has 0 spiro atoms. The maximum absolute atomic E-state index is 12.5. The molecule has 0 bridgehead atoms. The third-order valence-corrected chi connectivity index (χ3v) is 6.55. The Balaban J connectivity index is 1.47. The van der Waals surface area contributed by atoms with Crippen molar-refractivity contribution in [1.29, 1.82) is 0 Å². The number of hydrogen-bond acceptors (Lipinski definition) is 6. The van der Waals surface area contributed by atoms with E-state index in [2.05, 4.69) is 20.3 Å². The summed E-state index contributed by atoms with van der Waals surface area (Å²) in [6.45, 7) is 4.04. The number of hydrogen-bond donors (Lipinski definition) is 3. The zero-order valence-corrected chi connectivity index (χ0v) is 19.5. The highest BCUT2D eigenvalue weighted by molar-refractivity contribution is 7.92. The molecule has 1 saturated heterocycles. The minimum absolute atomic E-state index is 0.0755. The molecule has 2 aromatic carbocycles. The Labute approximate surface area is 193 Å². The zero-order valence-electron chi connectivity index (χ0n) is 18.7. The first-order valence-electron chi connectivity index (χ1n) is 10.6. The Morgan fingerprint density at radius 3 is 2.36 bits per heavy atom. The van der Waals surface area contributed by atoms with Gasteiger partial charge in [0.05, 0.1) is 25.1 Å². The molecular formula is C22H29N5O5S. The van der Waals surface area contributed by atoms with Gasteiger partial charge in [-0.3, -0.25) is 9.52 Å². The van der Waals surface area contributed by atoms with Gasteiger partial charge in [0.1, 0.15) is 5.75 Å². The van der Waals surface area contributed by atoms with Crippen molar-refractivity contribution in [2.24, 2.45) is 0 Å². The van der Waals surface area contributed by atoms with Crippen molar-refractivity contribution in [3.63, 3.8) is 0 Å². The number of anilines is 3. The summed E-state index contributed by atoms with van der Waals surface area (Å²) in [6, 6.07) is 14.0. The summed E-state index contributed by atoms with van der Waals surface area (Å²) >= 11 is 0. The van der Waals surface area contributed by atoms with Crippen LogP contribution in [-0.2, 0) is 14.8 Å². The van der Waals surface area contributed by atoms with Crippen LogP contribution >= 0.6 is 0 Å². The maximum atomic E-state index is 12.5. The van der Waals surface area contributed by atoms with Gasteiger partial charge in [-0.05, 0) is 31.2 Å². The molecule has 3 rings (SSSR count). The van der Waals surface area contributed by atoms with E-state index < -0.39 is 16.1 Å². The molecule has 0 unspecified atom stereocenters. The van der Waals surface area contributed by atoms with Gasteiger partial charge in [0.25, 0.3) is 0 Å². The summed E-state index contributed by atoms with van der Waals surface area (Å²) in [6.07, 6.45) is 0. The van der Waals surface area contributed by atoms with Gasteiger partial charge in [0, 0.05) is 43.6 Å². The molecule has 3 amide bonds. The smallest absolute Gasteiger partial charge is 0.319 e. The number of para-hydroxylation sites is 1. The number of carbonyl (C=O) groups is 2. The van der Waals surface area contributed by atoms with Crippen LogP contribution in [0.2, 0.25) is 0 Å². The number of nitrogens with zero attached hydrogens (tertiary/aromatic N) is 2. The van der Waals surface area contributed by atoms with Crippen molar-refractivity contribution in [2.75, 3.05) is 60.5 Å². The molecule has 1 fully saturated rings. The van der Waals surface area contributed by atoms with Crippen LogP contribution in [0.15, 0.2) is 48.5 Å². The number of nitrogens with one attached hydrogen (secondary N) is 3. The second-order valence-corrected chi connectivity index (χ2v) is 9.44. The quantitative estimate of drug-likeness (QED) is 0.537. The predicted molar refractivity (Wildman–Crippen MR) is 128 cm³/mol. The third kappa shape index (κ3) is 6.75. The number of rotatable bonds is 8. The average Bonchev–Trinajstić information content (AvgIpc) is 2.84. The Morgan fingerprint density at radius 1 is 1.03 bits per heavy atom. The molecule has 0 radical (unpaired) electrons. The first kappa shape index (κ1) is 24.2. The normalized spacial score (nSPS) is 13.9. The molecule has 2 aromatic rings. The van der Waals surface area contributed by atoms with Crippen LogP contribution in [0.1, 0.15) is 6.92 Å². The number of benzene rings is 2. The van der Waals surface area contributed by atoms with E-state index in [-0.39, 0.29) is 29.6 Å². The highest BCUT2D eigenvalue weighted by Crippen LogP contribution is 2.28. The summed E-state index contributed by atoms with van der Waals surface area (Å²) in [5.74, 6) is 0.0328. The van der Waals surface area contributed by atoms with Crippen LogP contribution < -0.4 is 25.0 Å². The Hall–Kier alpha value is -3.47. The topological polar surface area (TPSA) is 120 Å². The van der Waals surface area contributed by atoms with E-state index in [1.54, 1.807) is 11.0 Å². The van der Waals surface area contributed by atoms with Crippen LogP contribution in [0.5, 0.6) is 5.75 Å². The fraction of sp³-hybridized carbons (Fsp3) is 0.364. The van der Waals surface area contributed by atoms with Crippen LogP contribution in [0.25, 0.3) is 0 Å². The molecular weight excluding hydrogens is 446 g/mol. The second kappa shape index (κ2) is 10.9. The van der Waals surface area contributed by atoms with Gasteiger partial charge in [-0.2, -0.15) is 0 Å². The van der Waals surface area contributed by atoms with Crippen molar-refractivity contribution in [1.82, 2.24) is 10.2 Å². The molecule has 0 saturated carbocycles. The van der Waals surface area contributed by atoms with Gasteiger partial charge in [0.15, 0.2) is 0 Å². The van der Waals surface area contributed by atoms with E-state index in [0.717, 1.165) is 18.8 Å². The van der Waals surface area contributed by atoms with Gasteiger partial charge in [-0.25, -0.2) is 13.2 Å². The van der Waals surface area contributed by atoms with Gasteiger partial charge >= 0.3 is 6.03 Å². The lowest BCUT2D eigenvalue weighted by Gasteiger charge is -2.36. The number of piperazine rings is 1. The van der Waals surface area contributed by atoms with Gasteiger partial charge in [-0.15, -0.1) is 0 Å². The molecule has 0 aromatic heterocycles. The largest absolute Gasteiger partial charge is 0.494 e. The van der Waals surface area contributed by atoms with Crippen LogP contribution in [-0.4, -0.2) is 70.8 Å². The highest BCUT2D eigenvalue weighted by atomic mass is 32.2. The fourth-order valence-corrected chi connectivity index (χ4v) is 4.04. The lowest BCUT2D eigenvalue weighted by atomic mass is 10.2. The van der Waals surface area contributed by atoms with Gasteiger partial charge in [-0.1, -0.05) is 18.2 Å². The van der Waals surface area contributed by atoms with Gasteiger partial charge in [0.2, 0.25) is 15.9 Å². The molecule has 33 heavy (non-hydrogen) atoms. The summed E-state index contributed by atoms with van der Waals surface area (Å²) in [5, 5.41) is 5.18. The molecule has 10 nitrogen and oxygen atoms in total. The summed E-state index contributed by atoms with van der Waals surface area (Å²) in [4.78, 5) is 28.7. The lowest BCUT2D eigenvalue weighted by molar-refractivity contribution is -0.130. The van der Waals surface area contributed by atoms with Crippen LogP contribution in [0.4, 0.5) is 21.9 Å². The molecule has 1 aliphatic heterocycles. The van der Waals surface area contributed by atoms with Crippen molar-refractivity contribution >= 4 is 39.0 Å². The molecule has 0 aliphatic carbocycles. The number of ether oxygens (including phenoxy) is 1. The Kier molecular flexibility index (Phi) is 7.99. The van der Waals surface area contributed by atoms with E-state index in [0.29, 0.717) is 18.8 Å². The SMILES string of the molecule is CCS(=O)(=O)Nc1ccc(NC(=O)NCC(=O)N2CCN(c3ccccc3)CC2)cc1OC. The highest BCUT2D eigenvalue weighted by Gasteiger charge is 2.21. The van der Waals surface area contributed by atoms with Crippen molar-refractivity contribution in [3.8, 4) is 5.75 Å². The number of carbonyl (C=O) groups excluding carboxylic acids is 2. The van der Waals surface area contributed by atoms with Crippen LogP contribution in [0.3, 0.4) is 0 Å². The number of amides is 3. The maximum Gasteiger partial charge on any atom is 0.319 e. The Bertz CT molecular complexity index is 1070. The van der Waals surface area contributed by atoms with E-state index in [4.69, 9.17) is 4.74 Å². The standard InChI is InChI=1S/C22H29N5O5S/c1-3-33(30,31)25-19-10-9-17(15-20(19)32-2)24-22(29)23-16-21(28)27-13-11-26(12-14-27)18-7-5-4-6-8-18/h4-10,15,25H,3,11-14,16H2,1-2H3,(H2,23,24,29). The average molecular weight is 476 g/mol. The van der Waals surface area contributed by atoms with Crippen molar-refractivity contribution < 1.29 is 22.7 Å². The second-order valence-electron chi connectivity index (χ2n) is 7.43. The van der Waals surface area contributed by atoms with Crippen molar-refractivity contribution in [3.05, 3.63) is 48.5 Å². The van der Waals surface area contributed by atoms with Crippen LogP contribution in [0, 0.1) is 0 Å². The number of methoxy groups -OCH3 is 1. The zero-order chi connectivity index (χ0) is 23.8. The molecule has 3 N–H and O–H groups in total. The molecule has 1 heterocycles. The lowest BCUT2D eigenvalue weighted by Crippen LogP contribution is -2.51. The van der Waals surface area contributed by atoms with E-state index >= 15 is 0 Å². The molecule has 11 heteroatoms. The fourth-order valence-electron chi connectivity index (χ4n) is 3.39. The monoisotopic (exact) mass is 475 g/mol. The molecule has 178 valence electrons. The van der Waals surface area contributed by atoms with E-state index in [1.807, 2.05) is 30.3 Å². The summed E-state index contributed by atoms with van der Waals surface area (Å²) in [7, 11) is -2.06. The molecule has 0 atom stereocenters. The summed E-state index contributed by atoms with van der Waals surface area (Å²) in [5.41, 5.74) is 1.80. The van der Waals surface area contributed by atoms with Gasteiger partial charge < -0.3 is 25.2 Å². The minimum Gasteiger partial charge on any atom is -0.494 e. The number of urea groups is 1.